The van der Waals surface area contributed by atoms with Gasteiger partial charge in [0, 0.05) is 12.6 Å². The van der Waals surface area contributed by atoms with Crippen LogP contribution >= 0.6 is 11.6 Å². The van der Waals surface area contributed by atoms with Gasteiger partial charge < -0.3 is 0 Å². The minimum Gasteiger partial charge on any atom is -0.239 e. The molecular weight excluding hydrogens is 250 g/mol. The van der Waals surface area contributed by atoms with Crippen molar-refractivity contribution in [3.05, 3.63) is 29.2 Å². The third-order valence-electron chi connectivity index (χ3n) is 2.61. The molecule has 2 rings (SSSR count). The molecule has 0 fully saturated rings. The molecule has 0 unspecified atom stereocenters. The lowest BCUT2D eigenvalue weighted by molar-refractivity contribution is 0.654. The molecule has 2 heterocycles. The zero-order valence-corrected chi connectivity index (χ0v) is 11.1. The van der Waals surface area contributed by atoms with Crippen molar-refractivity contribution in [2.75, 3.05) is 0 Å². The Morgan fingerprint density at radius 3 is 2.67 bits per heavy atom. The Morgan fingerprint density at radius 1 is 1.39 bits per heavy atom. The molecule has 5 nitrogen and oxygen atoms in total. The first-order valence-electron chi connectivity index (χ1n) is 5.38. The van der Waals surface area contributed by atoms with Crippen molar-refractivity contribution in [1.82, 2.24) is 20.0 Å². The van der Waals surface area contributed by atoms with Crippen LogP contribution in [0.15, 0.2) is 18.3 Å². The van der Waals surface area contributed by atoms with Crippen molar-refractivity contribution < 1.29 is 0 Å². The van der Waals surface area contributed by atoms with Gasteiger partial charge in [-0.2, -0.15) is 20.3 Å². The fraction of sp³-hybridized carbons (Fsp3) is 0.333. The highest BCUT2D eigenvalue weighted by Gasteiger charge is 2.23. The first kappa shape index (κ1) is 12.5. The maximum absolute atomic E-state index is 9.14. The van der Waals surface area contributed by atoms with Crippen LogP contribution in [0.4, 0.5) is 0 Å². The molecule has 18 heavy (non-hydrogen) atoms. The molecule has 6 heteroatoms. The van der Waals surface area contributed by atoms with E-state index in [-0.39, 0.29) is 0 Å². The smallest absolute Gasteiger partial charge is 0.130 e. The van der Waals surface area contributed by atoms with Gasteiger partial charge in [0.15, 0.2) is 0 Å². The number of nitriles is 1. The lowest BCUT2D eigenvalue weighted by atomic mass is 9.90. The van der Waals surface area contributed by atoms with Crippen LogP contribution < -0.4 is 0 Å². The highest BCUT2D eigenvalue weighted by molar-refractivity contribution is 6.29. The minimum absolute atomic E-state index is 0.344. The molecule has 0 radical (unpaired) electrons. The number of pyridine rings is 1. The van der Waals surface area contributed by atoms with E-state index in [2.05, 4.69) is 21.3 Å². The largest absolute Gasteiger partial charge is 0.239 e. The molecule has 0 aromatic carbocycles. The molecule has 2 aromatic rings. The van der Waals surface area contributed by atoms with Crippen LogP contribution in [0.1, 0.15) is 19.5 Å². The molecule has 2 aromatic heterocycles. The number of hydrogen-bond acceptors (Lipinski definition) is 4. The molecule has 0 aliphatic carbocycles. The average Bonchev–Trinajstić information content (AvgIpc) is 2.75. The molecule has 0 amide bonds. The molecule has 0 aliphatic heterocycles. The monoisotopic (exact) mass is 261 g/mol. The molecular formula is C12H12ClN5. The van der Waals surface area contributed by atoms with E-state index < -0.39 is 5.41 Å². The maximum Gasteiger partial charge on any atom is 0.130 e. The van der Waals surface area contributed by atoms with Gasteiger partial charge in [0.25, 0.3) is 0 Å². The van der Waals surface area contributed by atoms with Crippen LogP contribution in [0.2, 0.25) is 5.15 Å². The zero-order chi connectivity index (χ0) is 13.3. The third kappa shape index (κ3) is 2.34. The minimum atomic E-state index is -0.693. The van der Waals surface area contributed by atoms with Crippen LogP contribution in [-0.2, 0) is 12.5 Å². The summed E-state index contributed by atoms with van der Waals surface area (Å²) >= 11 is 5.99. The summed E-state index contributed by atoms with van der Waals surface area (Å²) in [6.45, 7) is 3.60. The third-order valence-corrected chi connectivity index (χ3v) is 2.80. The summed E-state index contributed by atoms with van der Waals surface area (Å²) in [6, 6.07) is 5.74. The molecule has 0 bridgehead atoms. The Bertz CT molecular complexity index is 624. The summed E-state index contributed by atoms with van der Waals surface area (Å²) in [6.07, 6.45) is 1.65. The van der Waals surface area contributed by atoms with Gasteiger partial charge >= 0.3 is 0 Å². The fourth-order valence-electron chi connectivity index (χ4n) is 1.50. The number of aromatic nitrogens is 4. The van der Waals surface area contributed by atoms with E-state index in [0.29, 0.717) is 16.5 Å². The van der Waals surface area contributed by atoms with Crippen molar-refractivity contribution in [2.24, 2.45) is 7.05 Å². The van der Waals surface area contributed by atoms with Gasteiger partial charge in [0.05, 0.1) is 23.4 Å². The predicted octanol–water partition coefficient (Wildman–Crippen LogP) is 2.33. The first-order valence-corrected chi connectivity index (χ1v) is 5.76. The Kier molecular flexibility index (Phi) is 3.05. The van der Waals surface area contributed by atoms with E-state index in [4.69, 9.17) is 16.9 Å². The summed E-state index contributed by atoms with van der Waals surface area (Å²) in [5, 5.41) is 17.7. The van der Waals surface area contributed by atoms with Crippen molar-refractivity contribution in [1.29, 1.82) is 5.26 Å². The summed E-state index contributed by atoms with van der Waals surface area (Å²) < 4.78 is 0. The van der Waals surface area contributed by atoms with Crippen molar-refractivity contribution in [2.45, 2.75) is 19.3 Å². The van der Waals surface area contributed by atoms with Crippen LogP contribution in [0, 0.1) is 11.3 Å². The maximum atomic E-state index is 9.14. The van der Waals surface area contributed by atoms with E-state index in [1.54, 1.807) is 33.2 Å². The van der Waals surface area contributed by atoms with Crippen molar-refractivity contribution in [3.63, 3.8) is 0 Å². The van der Waals surface area contributed by atoms with E-state index >= 15 is 0 Å². The van der Waals surface area contributed by atoms with Gasteiger partial charge in [-0.25, -0.2) is 4.98 Å². The summed E-state index contributed by atoms with van der Waals surface area (Å²) in [4.78, 5) is 5.67. The Labute approximate surface area is 110 Å². The number of hydrogen-bond donors (Lipinski definition) is 0. The van der Waals surface area contributed by atoms with Gasteiger partial charge in [-0.05, 0) is 26.0 Å². The summed E-state index contributed by atoms with van der Waals surface area (Å²) in [7, 11) is 1.74. The molecule has 92 valence electrons. The van der Waals surface area contributed by atoms with Gasteiger partial charge in [0.1, 0.15) is 10.8 Å². The molecule has 0 atom stereocenters. The Balaban J connectivity index is 2.55. The van der Waals surface area contributed by atoms with Crippen molar-refractivity contribution >= 4 is 11.6 Å². The average molecular weight is 262 g/mol. The molecule has 0 spiro atoms. The Hall–Kier alpha value is -1.93. The summed E-state index contributed by atoms with van der Waals surface area (Å²) in [5.41, 5.74) is 1.44. The Morgan fingerprint density at radius 2 is 2.11 bits per heavy atom. The lowest BCUT2D eigenvalue weighted by Crippen LogP contribution is -2.16. The number of rotatable bonds is 2. The molecule has 0 aliphatic rings. The quantitative estimate of drug-likeness (QED) is 0.778. The number of nitrogens with zero attached hydrogens (tertiary/aromatic N) is 5. The highest BCUT2D eigenvalue weighted by Crippen LogP contribution is 2.27. The number of halogens is 1. The SMILES string of the molecule is Cn1ncc(-c2cc(Cl)nc(C(C)(C)C#N)c2)n1. The lowest BCUT2D eigenvalue weighted by Gasteiger charge is -2.15. The van der Waals surface area contributed by atoms with Gasteiger partial charge in [-0.1, -0.05) is 11.6 Å². The molecule has 0 N–H and O–H groups in total. The standard InChI is InChI=1S/C12H12ClN5/c1-12(2,7-14)10-4-8(5-11(13)16-10)9-6-15-18(3)17-9/h4-6H,1-3H3. The van der Waals surface area contributed by atoms with Gasteiger partial charge in [-0.3, -0.25) is 0 Å². The topological polar surface area (TPSA) is 67.4 Å². The van der Waals surface area contributed by atoms with E-state index in [9.17, 15) is 0 Å². The van der Waals surface area contributed by atoms with Crippen LogP contribution in [0.3, 0.4) is 0 Å². The van der Waals surface area contributed by atoms with Crippen LogP contribution in [0.5, 0.6) is 0 Å². The normalized spacial score (nSPS) is 11.3. The first-order chi connectivity index (χ1) is 8.42. The zero-order valence-electron chi connectivity index (χ0n) is 10.3. The van der Waals surface area contributed by atoms with E-state index in [1.165, 1.54) is 4.80 Å². The van der Waals surface area contributed by atoms with Gasteiger partial charge in [-0.15, -0.1) is 0 Å². The second-order valence-electron chi connectivity index (χ2n) is 4.52. The molecule has 0 saturated carbocycles. The van der Waals surface area contributed by atoms with Crippen LogP contribution in [0.25, 0.3) is 11.3 Å². The van der Waals surface area contributed by atoms with Crippen molar-refractivity contribution in [3.8, 4) is 17.3 Å². The predicted molar refractivity (Wildman–Crippen MR) is 67.9 cm³/mol. The highest BCUT2D eigenvalue weighted by atomic mass is 35.5. The number of aryl methyl sites for hydroxylation is 1. The summed E-state index contributed by atoms with van der Waals surface area (Å²) in [5.74, 6) is 0. The van der Waals surface area contributed by atoms with Gasteiger partial charge in [0.2, 0.25) is 0 Å². The van der Waals surface area contributed by atoms with E-state index in [1.807, 2.05) is 6.07 Å². The van der Waals surface area contributed by atoms with E-state index in [0.717, 1.165) is 5.56 Å². The fourth-order valence-corrected chi connectivity index (χ4v) is 1.71. The molecule has 0 saturated heterocycles. The van der Waals surface area contributed by atoms with Crippen LogP contribution in [-0.4, -0.2) is 20.0 Å². The second-order valence-corrected chi connectivity index (χ2v) is 4.91. The second kappa shape index (κ2) is 4.39.